The van der Waals surface area contributed by atoms with E-state index in [0.717, 1.165) is 0 Å². The average Bonchev–Trinajstić information content (AvgIpc) is 2.75. The first-order valence-corrected chi connectivity index (χ1v) is 6.15. The Labute approximate surface area is 119 Å². The van der Waals surface area contributed by atoms with Crippen LogP contribution in [0.3, 0.4) is 0 Å². The van der Waals surface area contributed by atoms with Crippen LogP contribution in [0, 0.1) is 10.1 Å². The molecule has 9 heteroatoms. The number of benzene rings is 1. The third-order valence-corrected chi connectivity index (χ3v) is 3.12. The predicted molar refractivity (Wildman–Crippen MR) is 67.5 cm³/mol. The minimum Gasteiger partial charge on any atom is -0.462 e. The van der Waals surface area contributed by atoms with Crippen LogP contribution in [0.2, 0.25) is 0 Å². The monoisotopic (exact) mass is 301 g/mol. The minimum absolute atomic E-state index is 0.121. The van der Waals surface area contributed by atoms with Gasteiger partial charge in [0.25, 0.3) is 5.69 Å². The summed E-state index contributed by atoms with van der Waals surface area (Å²) in [4.78, 5) is 9.95. The van der Waals surface area contributed by atoms with E-state index in [1.165, 1.54) is 24.3 Å². The maximum atomic E-state index is 10.5. The standard InChI is InChI=1S/C12H15NO8/c14-5-8(15)11-9(16)10(17)12(21-11)20-7-3-1-6(2-4-7)13(18)19/h1-4,8-12,14-17H,5H2/t8-,9+,10+,11+,12+/m0/s1. The molecule has 0 saturated carbocycles. The Kier molecular flexibility index (Phi) is 4.70. The Bertz CT molecular complexity index is 493. The molecule has 0 bridgehead atoms. The summed E-state index contributed by atoms with van der Waals surface area (Å²) in [5.41, 5.74) is -0.121. The fourth-order valence-electron chi connectivity index (χ4n) is 1.97. The molecule has 1 aromatic carbocycles. The summed E-state index contributed by atoms with van der Waals surface area (Å²) in [6, 6.07) is 5.06. The van der Waals surface area contributed by atoms with Crippen LogP contribution in [0.25, 0.3) is 0 Å². The number of non-ortho nitro benzene ring substituents is 1. The normalized spacial score (nSPS) is 30.1. The van der Waals surface area contributed by atoms with Crippen molar-refractivity contribution in [2.75, 3.05) is 6.61 Å². The number of ether oxygens (including phenoxy) is 2. The Hall–Kier alpha value is -1.78. The number of nitro benzene ring substituents is 1. The van der Waals surface area contributed by atoms with Crippen LogP contribution >= 0.6 is 0 Å². The van der Waals surface area contributed by atoms with Gasteiger partial charge in [0.2, 0.25) is 6.29 Å². The van der Waals surface area contributed by atoms with Gasteiger partial charge in [0.1, 0.15) is 30.2 Å². The van der Waals surface area contributed by atoms with E-state index in [2.05, 4.69) is 0 Å². The molecule has 1 aliphatic rings. The van der Waals surface area contributed by atoms with Gasteiger partial charge in [-0.15, -0.1) is 0 Å². The molecule has 1 aliphatic heterocycles. The van der Waals surface area contributed by atoms with Gasteiger partial charge < -0.3 is 29.9 Å². The van der Waals surface area contributed by atoms with Gasteiger partial charge in [-0.1, -0.05) is 0 Å². The molecule has 0 amide bonds. The molecule has 1 saturated heterocycles. The van der Waals surface area contributed by atoms with E-state index in [0.29, 0.717) is 0 Å². The largest absolute Gasteiger partial charge is 0.462 e. The molecule has 0 aliphatic carbocycles. The molecule has 0 aromatic heterocycles. The van der Waals surface area contributed by atoms with Crippen LogP contribution in [-0.4, -0.2) is 62.7 Å². The highest BCUT2D eigenvalue weighted by atomic mass is 16.7. The predicted octanol–water partition coefficient (Wildman–Crippen LogP) is -1.23. The molecule has 1 aromatic rings. The van der Waals surface area contributed by atoms with E-state index >= 15 is 0 Å². The summed E-state index contributed by atoms with van der Waals surface area (Å²) >= 11 is 0. The van der Waals surface area contributed by atoms with Gasteiger partial charge in [-0.25, -0.2) is 0 Å². The van der Waals surface area contributed by atoms with E-state index in [4.69, 9.17) is 14.6 Å². The van der Waals surface area contributed by atoms with Crippen molar-refractivity contribution >= 4 is 5.69 Å². The van der Waals surface area contributed by atoms with Gasteiger partial charge in [0, 0.05) is 12.1 Å². The zero-order valence-electron chi connectivity index (χ0n) is 10.8. The number of hydrogen-bond acceptors (Lipinski definition) is 8. The molecule has 21 heavy (non-hydrogen) atoms. The SMILES string of the molecule is O=[N+]([O-])c1ccc(O[C@@H]2O[C@H]([C@@H](O)CO)[C@H](O)[C@H]2O)cc1. The lowest BCUT2D eigenvalue weighted by atomic mass is 10.1. The first-order valence-electron chi connectivity index (χ1n) is 6.15. The van der Waals surface area contributed by atoms with E-state index in [9.17, 15) is 25.4 Å². The Morgan fingerprint density at radius 3 is 2.43 bits per heavy atom. The first kappa shape index (κ1) is 15.6. The number of nitro groups is 1. The van der Waals surface area contributed by atoms with Crippen molar-refractivity contribution in [3.05, 3.63) is 34.4 Å². The molecule has 0 unspecified atom stereocenters. The third-order valence-electron chi connectivity index (χ3n) is 3.12. The van der Waals surface area contributed by atoms with Crippen LogP contribution < -0.4 is 4.74 Å². The highest BCUT2D eigenvalue weighted by Crippen LogP contribution is 2.27. The van der Waals surface area contributed by atoms with Crippen molar-refractivity contribution in [3.8, 4) is 5.75 Å². The molecular weight excluding hydrogens is 286 g/mol. The Morgan fingerprint density at radius 1 is 1.29 bits per heavy atom. The molecule has 2 rings (SSSR count). The molecule has 1 fully saturated rings. The van der Waals surface area contributed by atoms with Gasteiger partial charge in [-0.05, 0) is 12.1 Å². The van der Waals surface area contributed by atoms with Gasteiger partial charge in [0.05, 0.1) is 11.5 Å². The fraction of sp³-hybridized carbons (Fsp3) is 0.500. The lowest BCUT2D eigenvalue weighted by Gasteiger charge is -2.18. The van der Waals surface area contributed by atoms with Crippen LogP contribution in [0.15, 0.2) is 24.3 Å². The number of hydrogen-bond donors (Lipinski definition) is 4. The van der Waals surface area contributed by atoms with Gasteiger partial charge in [-0.3, -0.25) is 10.1 Å². The van der Waals surface area contributed by atoms with Crippen molar-refractivity contribution in [1.29, 1.82) is 0 Å². The van der Waals surface area contributed by atoms with E-state index in [1.54, 1.807) is 0 Å². The maximum Gasteiger partial charge on any atom is 0.269 e. The highest BCUT2D eigenvalue weighted by molar-refractivity contribution is 5.36. The summed E-state index contributed by atoms with van der Waals surface area (Å²) in [5, 5.41) is 48.3. The highest BCUT2D eigenvalue weighted by Gasteiger charge is 2.47. The second-order valence-corrected chi connectivity index (χ2v) is 4.57. The lowest BCUT2D eigenvalue weighted by Crippen LogP contribution is -2.40. The molecule has 9 nitrogen and oxygen atoms in total. The smallest absolute Gasteiger partial charge is 0.269 e. The van der Waals surface area contributed by atoms with Crippen LogP contribution in [0.5, 0.6) is 5.75 Å². The van der Waals surface area contributed by atoms with Crippen molar-refractivity contribution in [3.63, 3.8) is 0 Å². The first-order chi connectivity index (χ1) is 9.93. The number of aliphatic hydroxyl groups excluding tert-OH is 4. The average molecular weight is 301 g/mol. The van der Waals surface area contributed by atoms with Crippen LogP contribution in [-0.2, 0) is 4.74 Å². The van der Waals surface area contributed by atoms with Crippen molar-refractivity contribution in [1.82, 2.24) is 0 Å². The summed E-state index contributed by atoms with van der Waals surface area (Å²) in [6.45, 7) is -0.640. The molecule has 4 N–H and O–H groups in total. The van der Waals surface area contributed by atoms with Gasteiger partial charge in [-0.2, -0.15) is 0 Å². The van der Waals surface area contributed by atoms with Gasteiger partial charge >= 0.3 is 0 Å². The van der Waals surface area contributed by atoms with Crippen LogP contribution in [0.1, 0.15) is 0 Å². The zero-order valence-corrected chi connectivity index (χ0v) is 10.8. The topological polar surface area (TPSA) is 143 Å². The minimum atomic E-state index is -1.42. The van der Waals surface area contributed by atoms with E-state index in [-0.39, 0.29) is 11.4 Å². The molecule has 0 radical (unpaired) electrons. The molecule has 116 valence electrons. The van der Waals surface area contributed by atoms with Crippen molar-refractivity contribution < 1.29 is 34.8 Å². The zero-order chi connectivity index (χ0) is 15.6. The lowest BCUT2D eigenvalue weighted by molar-refractivity contribution is -0.384. The van der Waals surface area contributed by atoms with Gasteiger partial charge in [0.15, 0.2) is 0 Å². The Balaban J connectivity index is 2.04. The molecular formula is C12H15NO8. The number of nitrogens with zero attached hydrogens (tertiary/aromatic N) is 1. The van der Waals surface area contributed by atoms with Crippen molar-refractivity contribution in [2.24, 2.45) is 0 Å². The van der Waals surface area contributed by atoms with Crippen molar-refractivity contribution in [2.45, 2.75) is 30.7 Å². The molecule has 0 spiro atoms. The summed E-state index contributed by atoms with van der Waals surface area (Å²) in [7, 11) is 0. The summed E-state index contributed by atoms with van der Waals surface area (Å²) in [6.07, 6.45) is -6.65. The quantitative estimate of drug-likeness (QED) is 0.391. The fourth-order valence-corrected chi connectivity index (χ4v) is 1.97. The number of aliphatic hydroxyl groups is 4. The second-order valence-electron chi connectivity index (χ2n) is 4.57. The van der Waals surface area contributed by atoms with E-state index < -0.39 is 42.2 Å². The third kappa shape index (κ3) is 3.28. The summed E-state index contributed by atoms with van der Waals surface area (Å²) < 4.78 is 10.4. The molecule has 5 atom stereocenters. The van der Waals surface area contributed by atoms with Crippen LogP contribution in [0.4, 0.5) is 5.69 Å². The Morgan fingerprint density at radius 2 is 1.90 bits per heavy atom. The van der Waals surface area contributed by atoms with E-state index in [1.807, 2.05) is 0 Å². The second kappa shape index (κ2) is 6.33. The molecule has 1 heterocycles. The maximum absolute atomic E-state index is 10.5. The summed E-state index contributed by atoms with van der Waals surface area (Å²) in [5.74, 6) is 0.191. The number of rotatable bonds is 5.